The van der Waals surface area contributed by atoms with Gasteiger partial charge in [0.15, 0.2) is 5.17 Å². The molecule has 4 heteroatoms. The Morgan fingerprint density at radius 3 is 2.95 bits per heavy atom. The molecule has 1 aromatic rings. The Morgan fingerprint density at radius 2 is 2.26 bits per heavy atom. The molecule has 0 aromatic heterocycles. The smallest absolute Gasteiger partial charge is 0.156 e. The van der Waals surface area contributed by atoms with Crippen molar-refractivity contribution in [2.24, 2.45) is 10.4 Å². The van der Waals surface area contributed by atoms with E-state index in [1.54, 1.807) is 11.8 Å². The van der Waals surface area contributed by atoms with Crippen molar-refractivity contribution in [1.29, 1.82) is 0 Å². The third-order valence-electron chi connectivity index (χ3n) is 2.89. The monoisotopic (exact) mass is 278 g/mol. The summed E-state index contributed by atoms with van der Waals surface area (Å²) in [6, 6.07) is 8.12. The van der Waals surface area contributed by atoms with E-state index in [2.05, 4.69) is 43.2 Å². The Hall–Kier alpha value is -1.16. The summed E-state index contributed by atoms with van der Waals surface area (Å²) in [5.74, 6) is 2.05. The summed E-state index contributed by atoms with van der Waals surface area (Å²) in [6.07, 6.45) is 0. The van der Waals surface area contributed by atoms with Gasteiger partial charge in [0.05, 0.1) is 6.54 Å². The van der Waals surface area contributed by atoms with Gasteiger partial charge in [-0.05, 0) is 30.0 Å². The molecule has 3 nitrogen and oxygen atoms in total. The molecular formula is C15H22N2OS. The minimum absolute atomic E-state index is 0.327. The van der Waals surface area contributed by atoms with Crippen LogP contribution in [-0.4, -0.2) is 30.6 Å². The van der Waals surface area contributed by atoms with Gasteiger partial charge in [-0.15, -0.1) is 0 Å². The highest BCUT2D eigenvalue weighted by Gasteiger charge is 2.22. The predicted octanol–water partition coefficient (Wildman–Crippen LogP) is 3.09. The van der Waals surface area contributed by atoms with Crippen LogP contribution in [0.4, 0.5) is 0 Å². The molecule has 0 spiro atoms. The van der Waals surface area contributed by atoms with Gasteiger partial charge in [0, 0.05) is 12.3 Å². The van der Waals surface area contributed by atoms with Gasteiger partial charge in [0.25, 0.3) is 0 Å². The molecular weight excluding hydrogens is 256 g/mol. The van der Waals surface area contributed by atoms with Crippen molar-refractivity contribution in [2.75, 3.05) is 25.4 Å². The van der Waals surface area contributed by atoms with E-state index in [-0.39, 0.29) is 0 Å². The Morgan fingerprint density at radius 1 is 1.42 bits per heavy atom. The number of hydrogen-bond donors (Lipinski definition) is 1. The van der Waals surface area contributed by atoms with E-state index in [9.17, 15) is 0 Å². The van der Waals surface area contributed by atoms with Gasteiger partial charge < -0.3 is 10.1 Å². The zero-order valence-corrected chi connectivity index (χ0v) is 12.7. The first kappa shape index (κ1) is 14.3. The SMILES string of the molecule is Cc1cccc(OCCNC2=NCC(C)(C)CS2)c1. The van der Waals surface area contributed by atoms with Crippen molar-refractivity contribution < 1.29 is 4.74 Å². The zero-order chi connectivity index (χ0) is 13.7. The van der Waals surface area contributed by atoms with Crippen LogP contribution in [0, 0.1) is 12.3 Å². The molecule has 0 fully saturated rings. The molecule has 2 rings (SSSR count). The minimum atomic E-state index is 0.327. The van der Waals surface area contributed by atoms with E-state index in [4.69, 9.17) is 4.74 Å². The van der Waals surface area contributed by atoms with Crippen molar-refractivity contribution in [2.45, 2.75) is 20.8 Å². The quantitative estimate of drug-likeness (QED) is 0.859. The molecule has 1 aromatic carbocycles. The fourth-order valence-corrected chi connectivity index (χ4v) is 2.76. The van der Waals surface area contributed by atoms with Gasteiger partial charge in [0.2, 0.25) is 0 Å². The molecule has 1 aliphatic heterocycles. The summed E-state index contributed by atoms with van der Waals surface area (Å²) in [7, 11) is 0. The summed E-state index contributed by atoms with van der Waals surface area (Å²) < 4.78 is 5.69. The maximum atomic E-state index is 5.69. The highest BCUT2D eigenvalue weighted by Crippen LogP contribution is 2.26. The highest BCUT2D eigenvalue weighted by molar-refractivity contribution is 8.13. The number of rotatable bonds is 4. The number of thioether (sulfide) groups is 1. The van der Waals surface area contributed by atoms with Gasteiger partial charge in [-0.1, -0.05) is 37.7 Å². The second kappa shape index (κ2) is 6.33. The average molecular weight is 278 g/mol. The summed E-state index contributed by atoms with van der Waals surface area (Å²) in [4.78, 5) is 4.55. The third-order valence-corrected chi connectivity index (χ3v) is 4.36. The summed E-state index contributed by atoms with van der Waals surface area (Å²) >= 11 is 1.80. The molecule has 0 radical (unpaired) electrons. The number of aryl methyl sites for hydroxylation is 1. The van der Waals surface area contributed by atoms with E-state index >= 15 is 0 Å². The second-order valence-electron chi connectivity index (χ2n) is 5.67. The molecule has 0 aliphatic carbocycles. The molecule has 1 N–H and O–H groups in total. The van der Waals surface area contributed by atoms with Crippen LogP contribution in [-0.2, 0) is 0 Å². The summed E-state index contributed by atoms with van der Waals surface area (Å²) in [6.45, 7) is 8.93. The highest BCUT2D eigenvalue weighted by atomic mass is 32.2. The van der Waals surface area contributed by atoms with Crippen LogP contribution in [0.5, 0.6) is 5.75 Å². The number of ether oxygens (including phenoxy) is 1. The molecule has 0 atom stereocenters. The molecule has 0 unspecified atom stereocenters. The van der Waals surface area contributed by atoms with Gasteiger partial charge in [-0.2, -0.15) is 0 Å². The normalized spacial score (nSPS) is 17.7. The van der Waals surface area contributed by atoms with Gasteiger partial charge in [-0.25, -0.2) is 0 Å². The van der Waals surface area contributed by atoms with E-state index in [0.717, 1.165) is 29.8 Å². The molecule has 0 bridgehead atoms. The van der Waals surface area contributed by atoms with E-state index in [0.29, 0.717) is 12.0 Å². The van der Waals surface area contributed by atoms with Crippen LogP contribution in [0.3, 0.4) is 0 Å². The molecule has 0 saturated heterocycles. The molecule has 19 heavy (non-hydrogen) atoms. The van der Waals surface area contributed by atoms with Gasteiger partial charge in [-0.3, -0.25) is 4.99 Å². The van der Waals surface area contributed by atoms with Crippen LogP contribution in [0.15, 0.2) is 29.3 Å². The van der Waals surface area contributed by atoms with Crippen molar-refractivity contribution >= 4 is 16.9 Å². The van der Waals surface area contributed by atoms with E-state index in [1.165, 1.54) is 5.56 Å². The maximum absolute atomic E-state index is 5.69. The number of amidine groups is 1. The van der Waals surface area contributed by atoms with E-state index < -0.39 is 0 Å². The van der Waals surface area contributed by atoms with Crippen molar-refractivity contribution in [3.8, 4) is 5.75 Å². The molecule has 0 amide bonds. The standard InChI is InChI=1S/C15H22N2OS/c1-12-5-4-6-13(9-12)18-8-7-16-14-17-10-15(2,3)11-19-14/h4-6,9H,7-8,10-11H2,1-3H3,(H,16,17). The molecule has 1 heterocycles. The molecule has 1 aliphatic rings. The van der Waals surface area contributed by atoms with Crippen LogP contribution < -0.4 is 10.1 Å². The lowest BCUT2D eigenvalue weighted by Gasteiger charge is -2.27. The number of aliphatic imine (C=N–C) groups is 1. The predicted molar refractivity (Wildman–Crippen MR) is 83.2 cm³/mol. The van der Waals surface area contributed by atoms with Crippen molar-refractivity contribution in [3.63, 3.8) is 0 Å². The fourth-order valence-electron chi connectivity index (χ4n) is 1.78. The zero-order valence-electron chi connectivity index (χ0n) is 11.9. The topological polar surface area (TPSA) is 33.6 Å². The Kier molecular flexibility index (Phi) is 4.75. The number of nitrogens with one attached hydrogen (secondary N) is 1. The van der Waals surface area contributed by atoms with Crippen molar-refractivity contribution in [1.82, 2.24) is 5.32 Å². The lowest BCUT2D eigenvalue weighted by Crippen LogP contribution is -2.33. The summed E-state index contributed by atoms with van der Waals surface area (Å²) in [5.41, 5.74) is 1.55. The van der Waals surface area contributed by atoms with Crippen LogP contribution in [0.25, 0.3) is 0 Å². The Labute approximate surface area is 119 Å². The largest absolute Gasteiger partial charge is 0.492 e. The summed E-state index contributed by atoms with van der Waals surface area (Å²) in [5, 5.41) is 4.38. The van der Waals surface area contributed by atoms with Gasteiger partial charge in [0.1, 0.15) is 12.4 Å². The lowest BCUT2D eigenvalue weighted by atomic mass is 9.97. The maximum Gasteiger partial charge on any atom is 0.156 e. The molecule has 0 saturated carbocycles. The first-order valence-electron chi connectivity index (χ1n) is 6.66. The van der Waals surface area contributed by atoms with Gasteiger partial charge >= 0.3 is 0 Å². The van der Waals surface area contributed by atoms with Crippen molar-refractivity contribution in [3.05, 3.63) is 29.8 Å². The number of benzene rings is 1. The second-order valence-corrected chi connectivity index (χ2v) is 6.63. The van der Waals surface area contributed by atoms with Crippen LogP contribution >= 0.6 is 11.8 Å². The first-order valence-corrected chi connectivity index (χ1v) is 7.64. The van der Waals surface area contributed by atoms with Crippen LogP contribution in [0.2, 0.25) is 0 Å². The Bertz CT molecular complexity index is 457. The fraction of sp³-hybridized carbons (Fsp3) is 0.533. The Balaban J connectivity index is 1.69. The first-order chi connectivity index (χ1) is 9.05. The van der Waals surface area contributed by atoms with E-state index in [1.807, 2.05) is 12.1 Å². The number of hydrogen-bond acceptors (Lipinski definition) is 4. The minimum Gasteiger partial charge on any atom is -0.492 e. The van der Waals surface area contributed by atoms with Crippen LogP contribution in [0.1, 0.15) is 19.4 Å². The molecule has 104 valence electrons. The number of nitrogens with zero attached hydrogens (tertiary/aromatic N) is 1. The average Bonchev–Trinajstić information content (AvgIpc) is 2.36. The lowest BCUT2D eigenvalue weighted by molar-refractivity contribution is 0.322. The third kappa shape index (κ3) is 4.78.